The molecule has 1 heterocycles. The Labute approximate surface area is 116 Å². The highest BCUT2D eigenvalue weighted by Gasteiger charge is 2.37. The number of hydrogen-bond donors (Lipinski definition) is 1. The lowest BCUT2D eigenvalue weighted by Crippen LogP contribution is -2.48. The molecule has 2 rings (SSSR count). The van der Waals surface area contributed by atoms with Crippen molar-refractivity contribution in [2.75, 3.05) is 31.9 Å². The van der Waals surface area contributed by atoms with Crippen LogP contribution >= 0.6 is 11.8 Å². The summed E-state index contributed by atoms with van der Waals surface area (Å²) in [5, 5.41) is 4.24. The Kier molecular flexibility index (Phi) is 4.82. The summed E-state index contributed by atoms with van der Waals surface area (Å²) in [6, 6.07) is 0. The van der Waals surface area contributed by atoms with E-state index in [1.807, 2.05) is 0 Å². The van der Waals surface area contributed by atoms with E-state index in [2.05, 4.69) is 42.7 Å². The van der Waals surface area contributed by atoms with Crippen molar-refractivity contribution in [1.82, 2.24) is 10.2 Å². The first kappa shape index (κ1) is 14.0. The van der Waals surface area contributed by atoms with E-state index in [-0.39, 0.29) is 0 Å². The van der Waals surface area contributed by atoms with Crippen LogP contribution in [0.25, 0.3) is 0 Å². The van der Waals surface area contributed by atoms with Crippen LogP contribution in [0.3, 0.4) is 0 Å². The van der Waals surface area contributed by atoms with Crippen LogP contribution in [0.2, 0.25) is 0 Å². The largest absolute Gasteiger partial charge is 0.357 e. The molecule has 1 N–H and O–H groups in total. The molecule has 1 saturated carbocycles. The highest BCUT2D eigenvalue weighted by molar-refractivity contribution is 8.00. The Bertz CT molecular complexity index is 299. The lowest BCUT2D eigenvalue weighted by molar-refractivity contribution is 0.405. The smallest absolute Gasteiger partial charge is 0.193 e. The van der Waals surface area contributed by atoms with E-state index in [0.717, 1.165) is 37.4 Å². The Balaban J connectivity index is 1.94. The average molecular weight is 269 g/mol. The summed E-state index contributed by atoms with van der Waals surface area (Å²) in [5.41, 5.74) is 0.509. The Hall–Kier alpha value is -0.380. The Morgan fingerprint density at radius 3 is 2.83 bits per heavy atom. The lowest BCUT2D eigenvalue weighted by Gasteiger charge is -2.34. The van der Waals surface area contributed by atoms with E-state index in [1.54, 1.807) is 0 Å². The minimum Gasteiger partial charge on any atom is -0.357 e. The molecule has 1 atom stereocenters. The van der Waals surface area contributed by atoms with Crippen molar-refractivity contribution in [3.8, 4) is 0 Å². The van der Waals surface area contributed by atoms with Gasteiger partial charge >= 0.3 is 0 Å². The zero-order valence-electron chi connectivity index (χ0n) is 12.0. The zero-order chi connectivity index (χ0) is 13.0. The number of hydrogen-bond acceptors (Lipinski definition) is 2. The summed E-state index contributed by atoms with van der Waals surface area (Å²) in [4.78, 5) is 7.32. The molecular weight excluding hydrogens is 242 g/mol. The maximum absolute atomic E-state index is 4.86. The van der Waals surface area contributed by atoms with Gasteiger partial charge in [0, 0.05) is 37.2 Å². The van der Waals surface area contributed by atoms with Gasteiger partial charge in [-0.3, -0.25) is 4.99 Å². The second-order valence-corrected chi connectivity index (χ2v) is 7.24. The quantitative estimate of drug-likeness (QED) is 0.628. The SMILES string of the molecule is CCNC(=NCC1(C)CC1)N1CCSC(CC)C1. The second-order valence-electron chi connectivity index (χ2n) is 5.83. The number of guanidine groups is 1. The van der Waals surface area contributed by atoms with Gasteiger partial charge in [0.05, 0.1) is 0 Å². The number of rotatable bonds is 4. The molecule has 3 nitrogen and oxygen atoms in total. The third kappa shape index (κ3) is 3.81. The van der Waals surface area contributed by atoms with Crippen molar-refractivity contribution in [3.05, 3.63) is 0 Å². The molecule has 2 aliphatic rings. The molecule has 1 aliphatic carbocycles. The summed E-state index contributed by atoms with van der Waals surface area (Å²) in [6.45, 7) is 11.1. The van der Waals surface area contributed by atoms with Crippen LogP contribution in [0.5, 0.6) is 0 Å². The van der Waals surface area contributed by atoms with Crippen molar-refractivity contribution in [2.45, 2.75) is 45.3 Å². The highest BCUT2D eigenvalue weighted by Crippen LogP contribution is 2.45. The topological polar surface area (TPSA) is 27.6 Å². The van der Waals surface area contributed by atoms with Crippen LogP contribution in [0.1, 0.15) is 40.0 Å². The van der Waals surface area contributed by atoms with E-state index < -0.39 is 0 Å². The first-order chi connectivity index (χ1) is 8.67. The number of nitrogens with one attached hydrogen (secondary N) is 1. The third-order valence-electron chi connectivity index (χ3n) is 3.94. The van der Waals surface area contributed by atoms with Crippen molar-refractivity contribution in [1.29, 1.82) is 0 Å². The van der Waals surface area contributed by atoms with Crippen LogP contribution in [0.4, 0.5) is 0 Å². The molecule has 0 bridgehead atoms. The van der Waals surface area contributed by atoms with Crippen molar-refractivity contribution in [3.63, 3.8) is 0 Å². The van der Waals surface area contributed by atoms with Crippen molar-refractivity contribution in [2.24, 2.45) is 10.4 Å². The van der Waals surface area contributed by atoms with Crippen LogP contribution < -0.4 is 5.32 Å². The molecule has 1 saturated heterocycles. The number of aliphatic imine (C=N–C) groups is 1. The van der Waals surface area contributed by atoms with Gasteiger partial charge in [0.15, 0.2) is 5.96 Å². The fourth-order valence-corrected chi connectivity index (χ4v) is 3.40. The second kappa shape index (κ2) is 6.18. The predicted octanol–water partition coefficient (Wildman–Crippen LogP) is 2.58. The summed E-state index contributed by atoms with van der Waals surface area (Å²) >= 11 is 2.11. The predicted molar refractivity (Wildman–Crippen MR) is 81.4 cm³/mol. The molecule has 0 spiro atoms. The van der Waals surface area contributed by atoms with Gasteiger partial charge in [0.1, 0.15) is 0 Å². The molecule has 0 aromatic carbocycles. The molecule has 18 heavy (non-hydrogen) atoms. The summed E-state index contributed by atoms with van der Waals surface area (Å²) in [6.07, 6.45) is 3.96. The fraction of sp³-hybridized carbons (Fsp3) is 0.929. The van der Waals surface area contributed by atoms with Gasteiger partial charge in [-0.05, 0) is 31.6 Å². The molecular formula is C14H27N3S. The van der Waals surface area contributed by atoms with Gasteiger partial charge in [-0.15, -0.1) is 0 Å². The van der Waals surface area contributed by atoms with Crippen LogP contribution in [0.15, 0.2) is 4.99 Å². The van der Waals surface area contributed by atoms with Gasteiger partial charge in [-0.1, -0.05) is 13.8 Å². The minimum absolute atomic E-state index is 0.509. The normalized spacial score (nSPS) is 27.2. The summed E-state index contributed by atoms with van der Waals surface area (Å²) < 4.78 is 0. The highest BCUT2D eigenvalue weighted by atomic mass is 32.2. The van der Waals surface area contributed by atoms with E-state index >= 15 is 0 Å². The molecule has 1 aliphatic heterocycles. The van der Waals surface area contributed by atoms with E-state index in [4.69, 9.17) is 4.99 Å². The number of nitrogens with zero attached hydrogens (tertiary/aromatic N) is 2. The molecule has 2 fully saturated rings. The van der Waals surface area contributed by atoms with E-state index in [0.29, 0.717) is 5.41 Å². The van der Waals surface area contributed by atoms with Gasteiger partial charge < -0.3 is 10.2 Å². The molecule has 104 valence electrons. The minimum atomic E-state index is 0.509. The Morgan fingerprint density at radius 2 is 2.22 bits per heavy atom. The van der Waals surface area contributed by atoms with E-state index in [9.17, 15) is 0 Å². The van der Waals surface area contributed by atoms with Crippen molar-refractivity contribution < 1.29 is 0 Å². The van der Waals surface area contributed by atoms with E-state index in [1.165, 1.54) is 25.0 Å². The molecule has 1 unspecified atom stereocenters. The van der Waals surface area contributed by atoms with Gasteiger partial charge in [0.25, 0.3) is 0 Å². The maximum atomic E-state index is 4.86. The third-order valence-corrected chi connectivity index (χ3v) is 5.31. The maximum Gasteiger partial charge on any atom is 0.193 e. The first-order valence-corrected chi connectivity index (χ1v) is 8.36. The monoisotopic (exact) mass is 269 g/mol. The fourth-order valence-electron chi connectivity index (χ4n) is 2.22. The molecule has 0 radical (unpaired) electrons. The summed E-state index contributed by atoms with van der Waals surface area (Å²) in [5.74, 6) is 2.38. The lowest BCUT2D eigenvalue weighted by atomic mass is 10.1. The van der Waals surface area contributed by atoms with Gasteiger partial charge in [-0.25, -0.2) is 0 Å². The average Bonchev–Trinajstić information content (AvgIpc) is 3.13. The van der Waals surface area contributed by atoms with Crippen LogP contribution in [-0.2, 0) is 0 Å². The Morgan fingerprint density at radius 1 is 1.44 bits per heavy atom. The van der Waals surface area contributed by atoms with Gasteiger partial charge in [0.2, 0.25) is 0 Å². The number of thioether (sulfide) groups is 1. The van der Waals surface area contributed by atoms with Gasteiger partial charge in [-0.2, -0.15) is 11.8 Å². The molecule has 4 heteroatoms. The molecule has 0 amide bonds. The molecule has 0 aromatic rings. The van der Waals surface area contributed by atoms with Crippen LogP contribution in [0, 0.1) is 5.41 Å². The zero-order valence-corrected chi connectivity index (χ0v) is 12.9. The van der Waals surface area contributed by atoms with Crippen molar-refractivity contribution >= 4 is 17.7 Å². The van der Waals surface area contributed by atoms with Crippen LogP contribution in [-0.4, -0.2) is 48.0 Å². The summed E-state index contributed by atoms with van der Waals surface area (Å²) in [7, 11) is 0. The standard InChI is InChI=1S/C14H27N3S/c1-4-12-10-17(8-9-18-12)13(15-5-2)16-11-14(3)6-7-14/h12H,4-11H2,1-3H3,(H,15,16). The molecule has 0 aromatic heterocycles. The first-order valence-electron chi connectivity index (χ1n) is 7.32.